The first-order valence-corrected chi connectivity index (χ1v) is 9.26. The molecule has 3 rings (SSSR count). The quantitative estimate of drug-likeness (QED) is 0.626. The van der Waals surface area contributed by atoms with Crippen molar-refractivity contribution in [2.24, 2.45) is 0 Å². The van der Waals surface area contributed by atoms with Crippen LogP contribution in [0.5, 0.6) is 0 Å². The molecule has 0 aliphatic heterocycles. The van der Waals surface area contributed by atoms with E-state index in [1.165, 1.54) is 13.0 Å². The zero-order chi connectivity index (χ0) is 20.8. The largest absolute Gasteiger partial charge is 0.478 e. The minimum Gasteiger partial charge on any atom is -0.478 e. The molecule has 0 heterocycles. The van der Waals surface area contributed by atoms with Crippen LogP contribution in [0.25, 0.3) is 11.1 Å². The number of fused-ring (bicyclic) bond motifs is 3. The lowest BCUT2D eigenvalue weighted by atomic mass is 9.98. The van der Waals surface area contributed by atoms with E-state index in [1.807, 2.05) is 36.4 Å². The highest BCUT2D eigenvalue weighted by Gasteiger charge is 2.29. The van der Waals surface area contributed by atoms with E-state index in [2.05, 4.69) is 22.8 Å². The van der Waals surface area contributed by atoms with Crippen molar-refractivity contribution in [1.29, 1.82) is 0 Å². The number of alkyl carbamates (subject to hydrolysis) is 1. The van der Waals surface area contributed by atoms with E-state index in [4.69, 9.17) is 9.84 Å². The number of rotatable bonds is 7. The Morgan fingerprint density at radius 1 is 1.07 bits per heavy atom. The predicted molar refractivity (Wildman–Crippen MR) is 107 cm³/mol. The van der Waals surface area contributed by atoms with Gasteiger partial charge in [0.25, 0.3) is 0 Å². The predicted octanol–water partition coefficient (Wildman–Crippen LogP) is 2.67. The summed E-state index contributed by atoms with van der Waals surface area (Å²) in [5.74, 6) is -1.59. The van der Waals surface area contributed by atoms with Gasteiger partial charge in [-0.1, -0.05) is 54.6 Å². The molecule has 29 heavy (non-hydrogen) atoms. The fraction of sp³-hybridized carbons (Fsp3) is 0.227. The Morgan fingerprint density at radius 2 is 1.66 bits per heavy atom. The van der Waals surface area contributed by atoms with Crippen LogP contribution in [-0.4, -0.2) is 42.3 Å². The van der Waals surface area contributed by atoms with Crippen LogP contribution in [0.15, 0.2) is 60.7 Å². The smallest absolute Gasteiger partial charge is 0.407 e. The van der Waals surface area contributed by atoms with Crippen LogP contribution < -0.4 is 10.6 Å². The molecule has 2 amide bonds. The lowest BCUT2D eigenvalue weighted by Gasteiger charge is -2.17. The van der Waals surface area contributed by atoms with Gasteiger partial charge in [-0.25, -0.2) is 9.59 Å². The lowest BCUT2D eigenvalue weighted by Crippen LogP contribution is -2.45. The minimum absolute atomic E-state index is 0.0570. The summed E-state index contributed by atoms with van der Waals surface area (Å²) in [6.07, 6.45) is 1.56. The second kappa shape index (κ2) is 9.05. The molecule has 0 radical (unpaired) electrons. The van der Waals surface area contributed by atoms with E-state index in [1.54, 1.807) is 0 Å². The molecule has 2 aromatic carbocycles. The number of ether oxygens (including phenoxy) is 1. The summed E-state index contributed by atoms with van der Waals surface area (Å²) in [5, 5.41) is 13.5. The van der Waals surface area contributed by atoms with Crippen LogP contribution in [0.3, 0.4) is 0 Å². The highest BCUT2D eigenvalue weighted by Crippen LogP contribution is 2.44. The van der Waals surface area contributed by atoms with Crippen LogP contribution >= 0.6 is 0 Å². The first kappa shape index (κ1) is 20.1. The fourth-order valence-corrected chi connectivity index (χ4v) is 3.35. The van der Waals surface area contributed by atoms with E-state index in [0.717, 1.165) is 28.3 Å². The van der Waals surface area contributed by atoms with Crippen molar-refractivity contribution < 1.29 is 24.2 Å². The highest BCUT2D eigenvalue weighted by molar-refractivity contribution is 5.85. The van der Waals surface area contributed by atoms with Crippen molar-refractivity contribution in [3.8, 4) is 11.1 Å². The summed E-state index contributed by atoms with van der Waals surface area (Å²) >= 11 is 0. The van der Waals surface area contributed by atoms with Crippen LogP contribution in [0, 0.1) is 0 Å². The van der Waals surface area contributed by atoms with Gasteiger partial charge in [-0.05, 0) is 29.2 Å². The number of nitrogens with one attached hydrogen (secondary N) is 2. The fourth-order valence-electron chi connectivity index (χ4n) is 3.35. The Hall–Kier alpha value is -3.61. The van der Waals surface area contributed by atoms with Crippen LogP contribution in [0.1, 0.15) is 24.0 Å². The summed E-state index contributed by atoms with van der Waals surface area (Å²) in [7, 11) is 0. The van der Waals surface area contributed by atoms with E-state index >= 15 is 0 Å². The van der Waals surface area contributed by atoms with Crippen molar-refractivity contribution >= 4 is 18.0 Å². The number of carbonyl (C=O) groups is 3. The average Bonchev–Trinajstić information content (AvgIpc) is 3.03. The first-order chi connectivity index (χ1) is 14.0. The SMILES string of the molecule is CC(NC(=O)OCC1c2ccccc2-c2ccccc21)C(=O)NC/C=C/C(=O)O. The molecule has 0 saturated heterocycles. The molecule has 1 aliphatic rings. The molecule has 150 valence electrons. The van der Waals surface area contributed by atoms with Crippen molar-refractivity contribution in [1.82, 2.24) is 10.6 Å². The summed E-state index contributed by atoms with van der Waals surface area (Å²) in [4.78, 5) is 34.5. The number of carboxylic acid groups (broad SMARTS) is 1. The van der Waals surface area contributed by atoms with Gasteiger partial charge in [0.05, 0.1) is 0 Å². The number of amides is 2. The Bertz CT molecular complexity index is 908. The third kappa shape index (κ3) is 4.82. The van der Waals surface area contributed by atoms with Crippen molar-refractivity contribution in [3.63, 3.8) is 0 Å². The summed E-state index contributed by atoms with van der Waals surface area (Å²) in [6, 6.07) is 15.2. The monoisotopic (exact) mass is 394 g/mol. The molecule has 1 aliphatic carbocycles. The van der Waals surface area contributed by atoms with Gasteiger partial charge >= 0.3 is 12.1 Å². The second-order valence-electron chi connectivity index (χ2n) is 6.68. The minimum atomic E-state index is -1.09. The van der Waals surface area contributed by atoms with Crippen molar-refractivity contribution in [2.45, 2.75) is 18.9 Å². The van der Waals surface area contributed by atoms with E-state index < -0.39 is 24.0 Å². The maximum absolute atomic E-state index is 12.2. The van der Waals surface area contributed by atoms with Crippen LogP contribution in [0.2, 0.25) is 0 Å². The number of hydrogen-bond acceptors (Lipinski definition) is 4. The van der Waals surface area contributed by atoms with Crippen molar-refractivity contribution in [3.05, 3.63) is 71.8 Å². The topological polar surface area (TPSA) is 105 Å². The Balaban J connectivity index is 1.54. The Morgan fingerprint density at radius 3 is 2.24 bits per heavy atom. The van der Waals surface area contributed by atoms with E-state index in [-0.39, 0.29) is 19.1 Å². The zero-order valence-corrected chi connectivity index (χ0v) is 15.9. The number of aliphatic carboxylic acids is 1. The van der Waals surface area contributed by atoms with Gasteiger partial charge in [-0.3, -0.25) is 4.79 Å². The third-order valence-electron chi connectivity index (χ3n) is 4.73. The van der Waals surface area contributed by atoms with Crippen LogP contribution in [-0.2, 0) is 14.3 Å². The van der Waals surface area contributed by atoms with Gasteiger partial charge in [0.15, 0.2) is 0 Å². The first-order valence-electron chi connectivity index (χ1n) is 9.26. The summed E-state index contributed by atoms with van der Waals surface area (Å²) < 4.78 is 5.40. The Labute approximate surface area is 168 Å². The van der Waals surface area contributed by atoms with Gasteiger partial charge in [0.2, 0.25) is 5.91 Å². The molecular weight excluding hydrogens is 372 g/mol. The molecule has 1 unspecified atom stereocenters. The van der Waals surface area contributed by atoms with Gasteiger partial charge in [0.1, 0.15) is 12.6 Å². The highest BCUT2D eigenvalue weighted by atomic mass is 16.5. The molecule has 7 heteroatoms. The zero-order valence-electron chi connectivity index (χ0n) is 15.9. The van der Waals surface area contributed by atoms with Crippen LogP contribution in [0.4, 0.5) is 4.79 Å². The lowest BCUT2D eigenvalue weighted by molar-refractivity contribution is -0.131. The average molecular weight is 394 g/mol. The second-order valence-corrected chi connectivity index (χ2v) is 6.68. The maximum atomic E-state index is 12.2. The Kier molecular flexibility index (Phi) is 6.29. The van der Waals surface area contributed by atoms with Crippen molar-refractivity contribution in [2.75, 3.05) is 13.2 Å². The van der Waals surface area contributed by atoms with Gasteiger partial charge in [0, 0.05) is 18.5 Å². The van der Waals surface area contributed by atoms with Gasteiger partial charge < -0.3 is 20.5 Å². The van der Waals surface area contributed by atoms with E-state index in [9.17, 15) is 14.4 Å². The molecule has 0 saturated carbocycles. The molecule has 0 fully saturated rings. The van der Waals surface area contributed by atoms with E-state index in [0.29, 0.717) is 0 Å². The molecule has 0 spiro atoms. The third-order valence-corrected chi connectivity index (χ3v) is 4.73. The molecule has 0 bridgehead atoms. The molecular formula is C22H22N2O5. The molecule has 2 aromatic rings. The molecule has 7 nitrogen and oxygen atoms in total. The molecule has 1 atom stereocenters. The summed E-state index contributed by atoms with van der Waals surface area (Å²) in [6.45, 7) is 1.75. The van der Waals surface area contributed by atoms with Gasteiger partial charge in [-0.15, -0.1) is 0 Å². The molecule has 0 aromatic heterocycles. The number of carboxylic acids is 1. The molecule has 3 N–H and O–H groups in total. The summed E-state index contributed by atoms with van der Waals surface area (Å²) in [5.41, 5.74) is 4.49. The normalized spacial score (nSPS) is 13.4. The maximum Gasteiger partial charge on any atom is 0.407 e. The standard InChI is InChI=1S/C22H22N2O5/c1-14(21(27)23-12-6-11-20(25)26)24-22(28)29-13-19-17-9-4-2-7-15(17)16-8-3-5-10-18(16)19/h2-11,14,19H,12-13H2,1H3,(H,23,27)(H,24,28)(H,25,26)/b11-6+. The number of carbonyl (C=O) groups excluding carboxylic acids is 2. The number of hydrogen-bond donors (Lipinski definition) is 3. The van der Waals surface area contributed by atoms with Gasteiger partial charge in [-0.2, -0.15) is 0 Å². The number of benzene rings is 2.